The van der Waals surface area contributed by atoms with E-state index in [0.717, 1.165) is 5.56 Å². The second-order valence-corrected chi connectivity index (χ2v) is 6.04. The third-order valence-corrected chi connectivity index (χ3v) is 3.91. The van der Waals surface area contributed by atoms with Crippen molar-refractivity contribution >= 4 is 17.6 Å². The summed E-state index contributed by atoms with van der Waals surface area (Å²) >= 11 is 0. The van der Waals surface area contributed by atoms with E-state index in [9.17, 15) is 18.4 Å². The molecule has 1 N–H and O–H groups in total. The molecule has 2 aromatic carbocycles. The van der Waals surface area contributed by atoms with Crippen LogP contribution in [0.2, 0.25) is 0 Å². The standard InChI is InChI=1S/C21H23F2NO5/c1-3-27-17-10-6-4-8-15(17)12-13-19(25)28-14(2)20(26)24-16-9-5-7-11-18(16)29-21(22)23/h4-11,14,21H,3,12-13H2,1-2H3,(H,24,26)/t14-/m0/s1. The summed E-state index contributed by atoms with van der Waals surface area (Å²) in [5.74, 6) is -0.694. The van der Waals surface area contributed by atoms with Crippen LogP contribution < -0.4 is 14.8 Å². The molecule has 0 unspecified atom stereocenters. The molecule has 1 atom stereocenters. The minimum absolute atomic E-state index is 0.0614. The molecule has 6 nitrogen and oxygen atoms in total. The van der Waals surface area contributed by atoms with E-state index in [1.807, 2.05) is 31.2 Å². The molecule has 0 heterocycles. The Kier molecular flexibility index (Phi) is 8.39. The average molecular weight is 407 g/mol. The molecule has 0 fully saturated rings. The number of nitrogens with one attached hydrogen (secondary N) is 1. The van der Waals surface area contributed by atoms with Gasteiger partial charge in [-0.2, -0.15) is 8.78 Å². The molecule has 2 rings (SSSR count). The molecule has 156 valence electrons. The zero-order valence-corrected chi connectivity index (χ0v) is 16.2. The molecule has 0 aromatic heterocycles. The van der Waals surface area contributed by atoms with Gasteiger partial charge in [0.2, 0.25) is 0 Å². The third-order valence-electron chi connectivity index (χ3n) is 3.91. The summed E-state index contributed by atoms with van der Waals surface area (Å²) in [5, 5.41) is 2.43. The number of esters is 1. The lowest BCUT2D eigenvalue weighted by atomic mass is 10.1. The number of amides is 1. The van der Waals surface area contributed by atoms with Crippen molar-refractivity contribution in [1.82, 2.24) is 0 Å². The molecule has 0 aliphatic heterocycles. The molecule has 8 heteroatoms. The van der Waals surface area contributed by atoms with E-state index < -0.39 is 24.6 Å². The molecule has 0 spiro atoms. The number of alkyl halides is 2. The highest BCUT2D eigenvalue weighted by atomic mass is 19.3. The van der Waals surface area contributed by atoms with Crippen molar-refractivity contribution in [2.75, 3.05) is 11.9 Å². The van der Waals surface area contributed by atoms with Crippen LogP contribution in [0.5, 0.6) is 11.5 Å². The SMILES string of the molecule is CCOc1ccccc1CCC(=O)O[C@@H](C)C(=O)Nc1ccccc1OC(F)F. The van der Waals surface area contributed by atoms with Gasteiger partial charge in [-0.25, -0.2) is 0 Å². The lowest BCUT2D eigenvalue weighted by Crippen LogP contribution is -2.30. The van der Waals surface area contributed by atoms with Crippen LogP contribution in [0.1, 0.15) is 25.8 Å². The van der Waals surface area contributed by atoms with E-state index in [1.165, 1.54) is 25.1 Å². The summed E-state index contributed by atoms with van der Waals surface area (Å²) in [4.78, 5) is 24.3. The number of anilines is 1. The van der Waals surface area contributed by atoms with Crippen molar-refractivity contribution in [2.45, 2.75) is 39.4 Å². The number of aryl methyl sites for hydroxylation is 1. The zero-order valence-electron chi connectivity index (χ0n) is 16.2. The second-order valence-electron chi connectivity index (χ2n) is 6.04. The van der Waals surface area contributed by atoms with Gasteiger partial charge in [-0.1, -0.05) is 30.3 Å². The van der Waals surface area contributed by atoms with E-state index >= 15 is 0 Å². The number of halogens is 2. The molecule has 0 radical (unpaired) electrons. The maximum absolute atomic E-state index is 12.5. The first-order chi connectivity index (χ1) is 13.9. The highest BCUT2D eigenvalue weighted by molar-refractivity contribution is 5.96. The molecular weight excluding hydrogens is 384 g/mol. The van der Waals surface area contributed by atoms with E-state index in [4.69, 9.17) is 9.47 Å². The first-order valence-corrected chi connectivity index (χ1v) is 9.15. The fraction of sp³-hybridized carbons (Fsp3) is 0.333. The largest absolute Gasteiger partial charge is 0.494 e. The predicted octanol–water partition coefficient (Wildman–Crippen LogP) is 4.19. The molecule has 1 amide bonds. The molecule has 0 saturated carbocycles. The number of para-hydroxylation sites is 3. The normalized spacial score (nSPS) is 11.6. The summed E-state index contributed by atoms with van der Waals surface area (Å²) in [5.41, 5.74) is 0.924. The summed E-state index contributed by atoms with van der Waals surface area (Å²) in [6.45, 7) is 0.756. The molecule has 0 aliphatic rings. The number of rotatable bonds is 10. The number of ether oxygens (including phenoxy) is 3. The zero-order chi connectivity index (χ0) is 21.2. The van der Waals surface area contributed by atoms with Crippen LogP contribution in [0.4, 0.5) is 14.5 Å². The number of benzene rings is 2. The number of carbonyl (C=O) groups excluding carboxylic acids is 2. The molecule has 29 heavy (non-hydrogen) atoms. The van der Waals surface area contributed by atoms with Gasteiger partial charge in [-0.15, -0.1) is 0 Å². The van der Waals surface area contributed by atoms with Crippen molar-refractivity contribution in [3.05, 3.63) is 54.1 Å². The Labute approximate surface area is 167 Å². The Morgan fingerprint density at radius 1 is 1.03 bits per heavy atom. The van der Waals surface area contributed by atoms with Crippen molar-refractivity contribution < 1.29 is 32.6 Å². The van der Waals surface area contributed by atoms with Gasteiger partial charge < -0.3 is 19.5 Å². The van der Waals surface area contributed by atoms with E-state index in [2.05, 4.69) is 10.1 Å². The fourth-order valence-corrected chi connectivity index (χ4v) is 2.56. The van der Waals surface area contributed by atoms with Crippen LogP contribution in [-0.2, 0) is 20.7 Å². The third kappa shape index (κ3) is 7.06. The second kappa shape index (κ2) is 11.0. The summed E-state index contributed by atoms with van der Waals surface area (Å²) in [7, 11) is 0. The average Bonchev–Trinajstić information content (AvgIpc) is 2.68. The van der Waals surface area contributed by atoms with Gasteiger partial charge in [-0.05, 0) is 44.0 Å². The Morgan fingerprint density at radius 2 is 1.69 bits per heavy atom. The van der Waals surface area contributed by atoms with Crippen molar-refractivity contribution in [1.29, 1.82) is 0 Å². The highest BCUT2D eigenvalue weighted by Crippen LogP contribution is 2.26. The summed E-state index contributed by atoms with van der Waals surface area (Å²) < 4.78 is 39.9. The molecular formula is C21H23F2NO5. The molecule has 0 bridgehead atoms. The van der Waals surface area contributed by atoms with Crippen LogP contribution in [-0.4, -0.2) is 31.2 Å². The van der Waals surface area contributed by atoms with E-state index in [-0.39, 0.29) is 17.9 Å². The minimum Gasteiger partial charge on any atom is -0.494 e. The fourth-order valence-electron chi connectivity index (χ4n) is 2.56. The van der Waals surface area contributed by atoms with Crippen LogP contribution in [0.15, 0.2) is 48.5 Å². The van der Waals surface area contributed by atoms with Crippen molar-refractivity contribution in [3.8, 4) is 11.5 Å². The lowest BCUT2D eigenvalue weighted by Gasteiger charge is -2.16. The quantitative estimate of drug-likeness (QED) is 0.598. The van der Waals surface area contributed by atoms with Crippen LogP contribution >= 0.6 is 0 Å². The summed E-state index contributed by atoms with van der Waals surface area (Å²) in [6, 6.07) is 13.1. The minimum atomic E-state index is -3.03. The predicted molar refractivity (Wildman–Crippen MR) is 103 cm³/mol. The first-order valence-electron chi connectivity index (χ1n) is 9.15. The Bertz CT molecular complexity index is 828. The van der Waals surface area contributed by atoms with Crippen molar-refractivity contribution in [3.63, 3.8) is 0 Å². The van der Waals surface area contributed by atoms with E-state index in [1.54, 1.807) is 6.07 Å². The van der Waals surface area contributed by atoms with Gasteiger partial charge in [0, 0.05) is 6.42 Å². The van der Waals surface area contributed by atoms with Crippen molar-refractivity contribution in [2.24, 2.45) is 0 Å². The first kappa shape index (κ1) is 22.1. The van der Waals surface area contributed by atoms with Gasteiger partial charge in [-0.3, -0.25) is 9.59 Å². The number of hydrogen-bond donors (Lipinski definition) is 1. The maximum Gasteiger partial charge on any atom is 0.387 e. The number of carbonyl (C=O) groups is 2. The monoisotopic (exact) mass is 407 g/mol. The number of hydrogen-bond acceptors (Lipinski definition) is 5. The molecule has 0 aliphatic carbocycles. The van der Waals surface area contributed by atoms with Gasteiger partial charge in [0.15, 0.2) is 6.10 Å². The van der Waals surface area contributed by atoms with Gasteiger partial charge in [0.25, 0.3) is 5.91 Å². The topological polar surface area (TPSA) is 73.9 Å². The Hall–Kier alpha value is -3.16. The lowest BCUT2D eigenvalue weighted by molar-refractivity contribution is -0.153. The summed E-state index contributed by atoms with van der Waals surface area (Å²) in [6.07, 6.45) is -0.648. The van der Waals surface area contributed by atoms with Crippen LogP contribution in [0.25, 0.3) is 0 Å². The maximum atomic E-state index is 12.5. The van der Waals surface area contributed by atoms with Crippen LogP contribution in [0.3, 0.4) is 0 Å². The Morgan fingerprint density at radius 3 is 2.38 bits per heavy atom. The van der Waals surface area contributed by atoms with Crippen LogP contribution in [0, 0.1) is 0 Å². The smallest absolute Gasteiger partial charge is 0.387 e. The highest BCUT2D eigenvalue weighted by Gasteiger charge is 2.20. The Balaban J connectivity index is 1.89. The molecule has 0 saturated heterocycles. The van der Waals surface area contributed by atoms with E-state index in [0.29, 0.717) is 18.8 Å². The molecule has 2 aromatic rings. The van der Waals surface area contributed by atoms with Gasteiger partial charge >= 0.3 is 12.6 Å². The van der Waals surface area contributed by atoms with Gasteiger partial charge in [0.1, 0.15) is 11.5 Å². The van der Waals surface area contributed by atoms with Gasteiger partial charge in [0.05, 0.1) is 12.3 Å².